The molecule has 0 saturated carbocycles. The predicted octanol–water partition coefficient (Wildman–Crippen LogP) is 3.22. The maximum Gasteiger partial charge on any atom is 0.279 e. The molecule has 0 saturated heterocycles. The van der Waals surface area contributed by atoms with Crippen LogP contribution in [0.15, 0.2) is 60.7 Å². The van der Waals surface area contributed by atoms with E-state index in [9.17, 15) is 14.0 Å². The number of nitrogens with one attached hydrogen (secondary N) is 2. The van der Waals surface area contributed by atoms with Crippen LogP contribution < -0.4 is 20.3 Å². The molecule has 0 aliphatic heterocycles. The van der Waals surface area contributed by atoms with Crippen molar-refractivity contribution < 1.29 is 23.5 Å². The topological polar surface area (TPSA) is 76.7 Å². The highest BCUT2D eigenvalue weighted by Gasteiger charge is 2.18. The Morgan fingerprint density at radius 1 is 0.964 bits per heavy atom. The third kappa shape index (κ3) is 4.37. The van der Waals surface area contributed by atoms with Crippen molar-refractivity contribution in [1.29, 1.82) is 0 Å². The van der Waals surface area contributed by atoms with Crippen LogP contribution in [0.5, 0.6) is 11.5 Å². The van der Waals surface area contributed by atoms with Gasteiger partial charge in [-0.15, -0.1) is 0 Å². The molecule has 0 aromatic heterocycles. The van der Waals surface area contributed by atoms with E-state index in [2.05, 4.69) is 10.9 Å². The molecule has 28 heavy (non-hydrogen) atoms. The van der Waals surface area contributed by atoms with E-state index in [0.29, 0.717) is 11.5 Å². The number of methoxy groups -OCH3 is 1. The zero-order valence-corrected chi connectivity index (χ0v) is 15.4. The number of hydrogen-bond donors (Lipinski definition) is 2. The van der Waals surface area contributed by atoms with Gasteiger partial charge in [0.1, 0.15) is 17.3 Å². The number of fused-ring (bicyclic) bond motifs is 1. The summed E-state index contributed by atoms with van der Waals surface area (Å²) in [5, 5.41) is 1.80. The van der Waals surface area contributed by atoms with Gasteiger partial charge < -0.3 is 9.47 Å². The number of carbonyl (C=O) groups is 2. The Morgan fingerprint density at radius 3 is 2.25 bits per heavy atom. The lowest BCUT2D eigenvalue weighted by atomic mass is 10.1. The molecule has 3 aromatic rings. The normalized spacial score (nSPS) is 11.5. The maximum absolute atomic E-state index is 12.9. The molecule has 0 fully saturated rings. The monoisotopic (exact) mass is 382 g/mol. The van der Waals surface area contributed by atoms with Crippen molar-refractivity contribution >= 4 is 22.6 Å². The van der Waals surface area contributed by atoms with E-state index in [1.165, 1.54) is 38.3 Å². The molecule has 1 atom stereocenters. The Kier molecular flexibility index (Phi) is 5.74. The minimum absolute atomic E-state index is 0.286. The SMILES string of the molecule is COc1cc2ccccc2cc1C(=O)NNC(=O)[C@H](C)Oc1ccc(F)cc1. The van der Waals surface area contributed by atoms with Crippen molar-refractivity contribution in [3.8, 4) is 11.5 Å². The zero-order chi connectivity index (χ0) is 20.1. The van der Waals surface area contributed by atoms with Gasteiger partial charge in [-0.2, -0.15) is 0 Å². The van der Waals surface area contributed by atoms with Crippen LogP contribution in [-0.4, -0.2) is 25.0 Å². The van der Waals surface area contributed by atoms with Crippen LogP contribution in [0.2, 0.25) is 0 Å². The fourth-order valence-corrected chi connectivity index (χ4v) is 2.62. The molecular weight excluding hydrogens is 363 g/mol. The van der Waals surface area contributed by atoms with Gasteiger partial charge in [0.2, 0.25) is 0 Å². The van der Waals surface area contributed by atoms with Gasteiger partial charge in [-0.1, -0.05) is 24.3 Å². The first-order valence-corrected chi connectivity index (χ1v) is 8.57. The van der Waals surface area contributed by atoms with Gasteiger partial charge in [0.25, 0.3) is 11.8 Å². The van der Waals surface area contributed by atoms with Gasteiger partial charge in [0.15, 0.2) is 6.10 Å². The number of carbonyl (C=O) groups excluding carboxylic acids is 2. The highest BCUT2D eigenvalue weighted by Crippen LogP contribution is 2.25. The lowest BCUT2D eigenvalue weighted by Gasteiger charge is -2.16. The van der Waals surface area contributed by atoms with Crippen LogP contribution in [-0.2, 0) is 4.79 Å². The van der Waals surface area contributed by atoms with Crippen molar-refractivity contribution in [2.75, 3.05) is 7.11 Å². The predicted molar refractivity (Wildman–Crippen MR) is 103 cm³/mol. The second-order valence-electron chi connectivity index (χ2n) is 6.06. The van der Waals surface area contributed by atoms with Gasteiger partial charge in [-0.05, 0) is 54.1 Å². The van der Waals surface area contributed by atoms with Crippen molar-refractivity contribution in [1.82, 2.24) is 10.9 Å². The molecule has 3 rings (SSSR count). The first-order chi connectivity index (χ1) is 13.5. The minimum atomic E-state index is -0.899. The van der Waals surface area contributed by atoms with Crippen LogP contribution >= 0.6 is 0 Å². The highest BCUT2D eigenvalue weighted by molar-refractivity contribution is 6.02. The summed E-state index contributed by atoms with van der Waals surface area (Å²) in [6.07, 6.45) is -0.899. The Labute approximate surface area is 161 Å². The second kappa shape index (κ2) is 8.39. The van der Waals surface area contributed by atoms with E-state index in [1.807, 2.05) is 24.3 Å². The van der Waals surface area contributed by atoms with Crippen LogP contribution in [0.4, 0.5) is 4.39 Å². The number of amides is 2. The van der Waals surface area contributed by atoms with Crippen molar-refractivity contribution in [2.24, 2.45) is 0 Å². The number of rotatable bonds is 5. The van der Waals surface area contributed by atoms with E-state index in [-0.39, 0.29) is 5.56 Å². The summed E-state index contributed by atoms with van der Waals surface area (Å²) in [6, 6.07) is 16.3. The maximum atomic E-state index is 12.9. The number of hydrogen-bond acceptors (Lipinski definition) is 4. The molecule has 6 nitrogen and oxygen atoms in total. The van der Waals surface area contributed by atoms with Gasteiger partial charge >= 0.3 is 0 Å². The molecule has 2 amide bonds. The van der Waals surface area contributed by atoms with Crippen LogP contribution in [0.25, 0.3) is 10.8 Å². The first-order valence-electron chi connectivity index (χ1n) is 8.57. The molecule has 0 bridgehead atoms. The molecule has 144 valence electrons. The van der Waals surface area contributed by atoms with E-state index in [4.69, 9.17) is 9.47 Å². The molecule has 7 heteroatoms. The summed E-state index contributed by atoms with van der Waals surface area (Å²) in [5.74, 6) is -0.754. The molecule has 0 aliphatic rings. The summed E-state index contributed by atoms with van der Waals surface area (Å²) in [5.41, 5.74) is 4.96. The van der Waals surface area contributed by atoms with Crippen molar-refractivity contribution in [2.45, 2.75) is 13.0 Å². The fourth-order valence-electron chi connectivity index (χ4n) is 2.62. The molecule has 0 unspecified atom stereocenters. The lowest BCUT2D eigenvalue weighted by molar-refractivity contribution is -0.128. The molecule has 2 N–H and O–H groups in total. The zero-order valence-electron chi connectivity index (χ0n) is 15.4. The molecule has 0 aliphatic carbocycles. The van der Waals surface area contributed by atoms with Gasteiger partial charge in [-0.3, -0.25) is 20.4 Å². The summed E-state index contributed by atoms with van der Waals surface area (Å²) in [4.78, 5) is 24.7. The number of hydrazine groups is 1. The Morgan fingerprint density at radius 2 is 1.61 bits per heavy atom. The van der Waals surface area contributed by atoms with Gasteiger partial charge in [0, 0.05) is 0 Å². The second-order valence-corrected chi connectivity index (χ2v) is 6.06. The van der Waals surface area contributed by atoms with Crippen LogP contribution in [0.3, 0.4) is 0 Å². The average molecular weight is 382 g/mol. The van der Waals surface area contributed by atoms with E-state index in [0.717, 1.165) is 10.8 Å². The number of benzene rings is 3. The Bertz CT molecular complexity index is 1000. The summed E-state index contributed by atoms with van der Waals surface area (Å²) < 4.78 is 23.6. The Balaban J connectivity index is 1.65. The van der Waals surface area contributed by atoms with E-state index in [1.54, 1.807) is 12.1 Å². The van der Waals surface area contributed by atoms with Crippen molar-refractivity contribution in [3.05, 3.63) is 72.0 Å². The standard InChI is InChI=1S/C21H19FN2O4/c1-13(28-17-9-7-16(22)8-10-17)20(25)23-24-21(26)18-11-14-5-3-4-6-15(14)12-19(18)27-2/h3-13H,1-2H3,(H,23,25)(H,24,26)/t13-/m0/s1. The van der Waals surface area contributed by atoms with E-state index < -0.39 is 23.7 Å². The summed E-state index contributed by atoms with van der Waals surface area (Å²) >= 11 is 0. The molecule has 0 radical (unpaired) electrons. The van der Waals surface area contributed by atoms with Gasteiger partial charge in [-0.25, -0.2) is 4.39 Å². The van der Waals surface area contributed by atoms with Gasteiger partial charge in [0.05, 0.1) is 12.7 Å². The third-order valence-electron chi connectivity index (χ3n) is 4.11. The highest BCUT2D eigenvalue weighted by atomic mass is 19.1. The largest absolute Gasteiger partial charge is 0.496 e. The number of ether oxygens (including phenoxy) is 2. The average Bonchev–Trinajstić information content (AvgIpc) is 2.72. The summed E-state index contributed by atoms with van der Waals surface area (Å²) in [6.45, 7) is 1.52. The van der Waals surface area contributed by atoms with Crippen LogP contribution in [0.1, 0.15) is 17.3 Å². The first kappa shape index (κ1) is 19.2. The van der Waals surface area contributed by atoms with E-state index >= 15 is 0 Å². The molecule has 0 heterocycles. The molecule has 3 aromatic carbocycles. The van der Waals surface area contributed by atoms with Crippen molar-refractivity contribution in [3.63, 3.8) is 0 Å². The molecule has 0 spiro atoms. The lowest BCUT2D eigenvalue weighted by Crippen LogP contribution is -2.47. The quantitative estimate of drug-likeness (QED) is 0.665. The molecular formula is C21H19FN2O4. The fraction of sp³-hybridized carbons (Fsp3) is 0.143. The smallest absolute Gasteiger partial charge is 0.279 e. The summed E-state index contributed by atoms with van der Waals surface area (Å²) in [7, 11) is 1.47. The third-order valence-corrected chi connectivity index (χ3v) is 4.11. The Hall–Kier alpha value is -3.61. The number of halogens is 1. The minimum Gasteiger partial charge on any atom is -0.496 e. The van der Waals surface area contributed by atoms with Crippen LogP contribution in [0, 0.1) is 5.82 Å².